The Morgan fingerprint density at radius 1 is 1.28 bits per heavy atom. The summed E-state index contributed by atoms with van der Waals surface area (Å²) in [5.74, 6) is 0.865. The number of hydrogen-bond acceptors (Lipinski definition) is 3. The number of carboxylic acids is 1. The van der Waals surface area contributed by atoms with Gasteiger partial charge in [-0.25, -0.2) is 0 Å². The summed E-state index contributed by atoms with van der Waals surface area (Å²) in [6, 6.07) is 0. The topological polar surface area (TPSA) is 66.8 Å². The van der Waals surface area contributed by atoms with Crippen molar-refractivity contribution in [2.45, 2.75) is 76.9 Å². The molecule has 2 unspecified atom stereocenters. The minimum atomic E-state index is -0.724. The number of aliphatic hydroxyl groups excluding tert-OH is 1. The van der Waals surface area contributed by atoms with Gasteiger partial charge in [-0.15, -0.1) is 0 Å². The summed E-state index contributed by atoms with van der Waals surface area (Å²) >= 11 is 0. The maximum Gasteiger partial charge on any atom is 0.303 e. The zero-order chi connectivity index (χ0) is 18.1. The van der Waals surface area contributed by atoms with Gasteiger partial charge < -0.3 is 14.9 Å². The Morgan fingerprint density at radius 2 is 2.12 bits per heavy atom. The van der Waals surface area contributed by atoms with E-state index in [0.29, 0.717) is 30.3 Å². The van der Waals surface area contributed by atoms with Crippen molar-refractivity contribution in [2.24, 2.45) is 17.8 Å². The van der Waals surface area contributed by atoms with Crippen LogP contribution in [-0.2, 0) is 9.53 Å². The molecule has 0 aromatic rings. The van der Waals surface area contributed by atoms with Crippen molar-refractivity contribution >= 4 is 5.97 Å². The fourth-order valence-corrected chi connectivity index (χ4v) is 4.15. The van der Waals surface area contributed by atoms with Gasteiger partial charge in [0.05, 0.1) is 18.8 Å². The quantitative estimate of drug-likeness (QED) is 0.406. The van der Waals surface area contributed by atoms with Crippen LogP contribution in [0.25, 0.3) is 0 Å². The van der Waals surface area contributed by atoms with Crippen molar-refractivity contribution < 1.29 is 19.7 Å². The molecule has 0 amide bonds. The first-order valence-electron chi connectivity index (χ1n) is 9.96. The number of hydrogen-bond donors (Lipinski definition) is 2. The lowest BCUT2D eigenvalue weighted by atomic mass is 9.85. The maximum atomic E-state index is 10.5. The molecule has 0 radical (unpaired) electrons. The van der Waals surface area contributed by atoms with E-state index in [0.717, 1.165) is 38.7 Å². The predicted octanol–water partition coefficient (Wildman–Crippen LogP) is 4.34. The fourth-order valence-electron chi connectivity index (χ4n) is 4.15. The third-order valence-corrected chi connectivity index (χ3v) is 5.57. The van der Waals surface area contributed by atoms with Gasteiger partial charge in [-0.3, -0.25) is 4.79 Å². The van der Waals surface area contributed by atoms with Crippen LogP contribution in [0.3, 0.4) is 0 Å². The number of unbranched alkanes of at least 4 members (excludes halogenated alkanes) is 3. The van der Waals surface area contributed by atoms with Gasteiger partial charge in [0.25, 0.3) is 0 Å². The molecule has 2 rings (SSSR count). The Labute approximate surface area is 152 Å². The molecular weight excluding hydrogens is 316 g/mol. The lowest BCUT2D eigenvalue weighted by Gasteiger charge is -2.28. The largest absolute Gasteiger partial charge is 0.481 e. The van der Waals surface area contributed by atoms with Gasteiger partial charge >= 0.3 is 5.97 Å². The van der Waals surface area contributed by atoms with Crippen LogP contribution < -0.4 is 0 Å². The van der Waals surface area contributed by atoms with Crippen molar-refractivity contribution in [3.05, 3.63) is 24.3 Å². The van der Waals surface area contributed by atoms with Crippen LogP contribution in [0, 0.1) is 17.8 Å². The van der Waals surface area contributed by atoms with E-state index in [4.69, 9.17) is 9.84 Å². The van der Waals surface area contributed by atoms with Crippen LogP contribution in [0.2, 0.25) is 0 Å². The summed E-state index contributed by atoms with van der Waals surface area (Å²) in [5.41, 5.74) is 0. The molecule has 25 heavy (non-hydrogen) atoms. The number of allylic oxidation sites excluding steroid dienone is 3. The molecule has 1 saturated carbocycles. The van der Waals surface area contributed by atoms with Crippen LogP contribution in [0.5, 0.6) is 0 Å². The Hall–Kier alpha value is -1.13. The molecule has 4 nitrogen and oxygen atoms in total. The molecule has 2 fully saturated rings. The van der Waals surface area contributed by atoms with Crippen molar-refractivity contribution in [3.8, 4) is 0 Å². The van der Waals surface area contributed by atoms with Crippen molar-refractivity contribution in [1.29, 1.82) is 0 Å². The van der Waals surface area contributed by atoms with E-state index in [2.05, 4.69) is 25.2 Å². The second-order valence-electron chi connectivity index (χ2n) is 7.55. The van der Waals surface area contributed by atoms with E-state index >= 15 is 0 Å². The van der Waals surface area contributed by atoms with Gasteiger partial charge in [0, 0.05) is 6.42 Å². The molecule has 1 aliphatic carbocycles. The average molecular weight is 350 g/mol. The summed E-state index contributed by atoms with van der Waals surface area (Å²) in [4.78, 5) is 10.5. The standard InChI is InChI=1S/C21H34O4/c1-2-3-6-9-17(22)12-13-18-16-14-20(25-15-16)19(18)10-7-4-5-8-11-21(23)24/h4,7,12-13,16-20,22H,2-3,5-6,8-11,14-15H2,1H3,(H,23,24)/b7-4+,13-12+/t16?,17-,18-,19+,20?/m0/s1. The number of aliphatic hydroxyl groups is 1. The molecular formula is C21H34O4. The zero-order valence-electron chi connectivity index (χ0n) is 15.5. The monoisotopic (exact) mass is 350 g/mol. The van der Waals surface area contributed by atoms with E-state index in [1.807, 2.05) is 6.08 Å². The van der Waals surface area contributed by atoms with Gasteiger partial charge in [0.1, 0.15) is 0 Å². The van der Waals surface area contributed by atoms with E-state index in [9.17, 15) is 9.90 Å². The molecule has 2 bridgehead atoms. The molecule has 5 atom stereocenters. The number of rotatable bonds is 12. The maximum absolute atomic E-state index is 10.5. The SMILES string of the molecule is CCCCC[C@H](O)/C=C/[C@H]1C2COC(C2)[C@@H]1C/C=C/CCCC(=O)O. The lowest BCUT2D eigenvalue weighted by molar-refractivity contribution is -0.137. The predicted molar refractivity (Wildman–Crippen MR) is 99.4 cm³/mol. The van der Waals surface area contributed by atoms with Crippen LogP contribution in [0.4, 0.5) is 0 Å². The summed E-state index contributed by atoms with van der Waals surface area (Å²) in [7, 11) is 0. The summed E-state index contributed by atoms with van der Waals surface area (Å²) in [6.45, 7) is 3.03. The van der Waals surface area contributed by atoms with Gasteiger partial charge in [-0.2, -0.15) is 0 Å². The number of fused-ring (bicyclic) bond motifs is 2. The van der Waals surface area contributed by atoms with E-state index in [1.165, 1.54) is 12.8 Å². The molecule has 2 aliphatic rings. The molecule has 1 aliphatic heterocycles. The minimum absolute atomic E-state index is 0.239. The molecule has 142 valence electrons. The highest BCUT2D eigenvalue weighted by atomic mass is 16.5. The first kappa shape index (κ1) is 20.2. The van der Waals surface area contributed by atoms with Gasteiger partial charge in [-0.1, -0.05) is 50.5 Å². The highest BCUT2D eigenvalue weighted by Gasteiger charge is 2.46. The molecule has 4 heteroatoms. The highest BCUT2D eigenvalue weighted by Crippen LogP contribution is 2.47. The van der Waals surface area contributed by atoms with Crippen LogP contribution in [-0.4, -0.2) is 35.0 Å². The van der Waals surface area contributed by atoms with E-state index in [-0.39, 0.29) is 12.5 Å². The second-order valence-corrected chi connectivity index (χ2v) is 7.55. The van der Waals surface area contributed by atoms with E-state index in [1.54, 1.807) is 0 Å². The minimum Gasteiger partial charge on any atom is -0.481 e. The van der Waals surface area contributed by atoms with Gasteiger partial charge in [-0.05, 0) is 49.9 Å². The lowest BCUT2D eigenvalue weighted by Crippen LogP contribution is -2.27. The molecule has 2 N–H and O–H groups in total. The number of carboxylic acid groups (broad SMARTS) is 1. The number of aliphatic carboxylic acids is 1. The Balaban J connectivity index is 1.78. The van der Waals surface area contributed by atoms with Gasteiger partial charge in [0.15, 0.2) is 0 Å². The van der Waals surface area contributed by atoms with Crippen molar-refractivity contribution in [2.75, 3.05) is 6.61 Å². The zero-order valence-corrected chi connectivity index (χ0v) is 15.5. The van der Waals surface area contributed by atoms with Crippen LogP contribution in [0.1, 0.15) is 64.7 Å². The third kappa shape index (κ3) is 6.59. The number of carbonyl (C=O) groups is 1. The molecule has 0 aromatic carbocycles. The normalized spacial score (nSPS) is 29.8. The average Bonchev–Trinajstić information content (AvgIpc) is 3.17. The Kier molecular flexibility index (Phi) is 8.70. The Morgan fingerprint density at radius 3 is 2.88 bits per heavy atom. The molecule has 1 saturated heterocycles. The summed E-state index contributed by atoms with van der Waals surface area (Å²) in [5, 5.41) is 18.8. The van der Waals surface area contributed by atoms with Crippen molar-refractivity contribution in [3.63, 3.8) is 0 Å². The van der Waals surface area contributed by atoms with Gasteiger partial charge in [0.2, 0.25) is 0 Å². The fraction of sp³-hybridized carbons (Fsp3) is 0.762. The van der Waals surface area contributed by atoms with Crippen LogP contribution >= 0.6 is 0 Å². The second kappa shape index (κ2) is 10.8. The Bertz CT molecular complexity index is 457. The third-order valence-electron chi connectivity index (χ3n) is 5.57. The molecule has 1 heterocycles. The number of ether oxygens (including phenoxy) is 1. The van der Waals surface area contributed by atoms with E-state index < -0.39 is 5.97 Å². The summed E-state index contributed by atoms with van der Waals surface area (Å²) < 4.78 is 5.88. The molecule has 0 aromatic heterocycles. The van der Waals surface area contributed by atoms with Crippen LogP contribution in [0.15, 0.2) is 24.3 Å². The highest BCUT2D eigenvalue weighted by molar-refractivity contribution is 5.66. The van der Waals surface area contributed by atoms with Crippen molar-refractivity contribution in [1.82, 2.24) is 0 Å². The first-order valence-corrected chi connectivity index (χ1v) is 9.96. The first-order chi connectivity index (χ1) is 12.1. The summed E-state index contributed by atoms with van der Waals surface area (Å²) in [6.07, 6.45) is 16.8. The smallest absolute Gasteiger partial charge is 0.303 e. The molecule has 0 spiro atoms.